The fourth-order valence-electron chi connectivity index (χ4n) is 4.27. The SMILES string of the molecule is O=C(N[C@@H](Cc1ccccc1)C(=O)N1CCC(C(=O)NCc2ccco2)CC1)OCc1ccccc1. The van der Waals surface area contributed by atoms with Gasteiger partial charge in [0.2, 0.25) is 11.8 Å². The zero-order chi connectivity index (χ0) is 25.2. The van der Waals surface area contributed by atoms with E-state index >= 15 is 0 Å². The Morgan fingerprint density at radius 1 is 0.917 bits per heavy atom. The molecule has 0 spiro atoms. The van der Waals surface area contributed by atoms with Crippen LogP contribution in [0.25, 0.3) is 0 Å². The average molecular weight is 490 g/mol. The van der Waals surface area contributed by atoms with Crippen LogP contribution in [0.3, 0.4) is 0 Å². The first-order valence-electron chi connectivity index (χ1n) is 12.2. The second kappa shape index (κ2) is 12.6. The van der Waals surface area contributed by atoms with Crippen LogP contribution in [-0.2, 0) is 33.9 Å². The number of hydrogen-bond donors (Lipinski definition) is 2. The highest BCUT2D eigenvalue weighted by atomic mass is 16.5. The van der Waals surface area contributed by atoms with Gasteiger partial charge in [0.05, 0.1) is 12.8 Å². The molecule has 1 aromatic heterocycles. The second-order valence-electron chi connectivity index (χ2n) is 8.85. The van der Waals surface area contributed by atoms with Crippen molar-refractivity contribution in [2.45, 2.75) is 38.5 Å². The van der Waals surface area contributed by atoms with Gasteiger partial charge in [0.15, 0.2) is 0 Å². The minimum absolute atomic E-state index is 0.0399. The number of carbonyl (C=O) groups is 3. The van der Waals surface area contributed by atoms with Gasteiger partial charge >= 0.3 is 6.09 Å². The van der Waals surface area contributed by atoms with Crippen molar-refractivity contribution in [1.82, 2.24) is 15.5 Å². The number of furan rings is 1. The van der Waals surface area contributed by atoms with Gasteiger partial charge in [-0.2, -0.15) is 0 Å². The number of piperidine rings is 1. The van der Waals surface area contributed by atoms with E-state index in [1.807, 2.05) is 66.7 Å². The van der Waals surface area contributed by atoms with E-state index in [-0.39, 0.29) is 24.3 Å². The van der Waals surface area contributed by atoms with Gasteiger partial charge in [-0.05, 0) is 36.1 Å². The fraction of sp³-hybridized carbons (Fsp3) is 0.321. The van der Waals surface area contributed by atoms with Crippen molar-refractivity contribution >= 4 is 17.9 Å². The van der Waals surface area contributed by atoms with Crippen LogP contribution >= 0.6 is 0 Å². The predicted molar refractivity (Wildman–Crippen MR) is 134 cm³/mol. The second-order valence-corrected chi connectivity index (χ2v) is 8.85. The molecule has 0 unspecified atom stereocenters. The molecule has 0 saturated carbocycles. The molecule has 0 radical (unpaired) electrons. The van der Waals surface area contributed by atoms with Crippen LogP contribution < -0.4 is 10.6 Å². The summed E-state index contributed by atoms with van der Waals surface area (Å²) in [5.74, 6) is 0.317. The third kappa shape index (κ3) is 7.21. The topological polar surface area (TPSA) is 101 Å². The molecule has 0 aliphatic carbocycles. The summed E-state index contributed by atoms with van der Waals surface area (Å²) >= 11 is 0. The van der Waals surface area contributed by atoms with E-state index in [9.17, 15) is 14.4 Å². The maximum atomic E-state index is 13.4. The van der Waals surface area contributed by atoms with Gasteiger partial charge < -0.3 is 24.7 Å². The van der Waals surface area contributed by atoms with Gasteiger partial charge in [-0.15, -0.1) is 0 Å². The Labute approximate surface area is 210 Å². The molecule has 1 atom stereocenters. The zero-order valence-corrected chi connectivity index (χ0v) is 20.1. The summed E-state index contributed by atoms with van der Waals surface area (Å²) in [7, 11) is 0. The number of likely N-dealkylation sites (tertiary alicyclic amines) is 1. The lowest BCUT2D eigenvalue weighted by molar-refractivity contribution is -0.137. The molecule has 1 aliphatic heterocycles. The van der Waals surface area contributed by atoms with Crippen molar-refractivity contribution < 1.29 is 23.5 Å². The van der Waals surface area contributed by atoms with Gasteiger partial charge in [0, 0.05) is 25.4 Å². The summed E-state index contributed by atoms with van der Waals surface area (Å²) in [6.45, 7) is 1.37. The Morgan fingerprint density at radius 3 is 2.22 bits per heavy atom. The fourth-order valence-corrected chi connectivity index (χ4v) is 4.27. The molecule has 0 bridgehead atoms. The highest BCUT2D eigenvalue weighted by Gasteiger charge is 2.32. The maximum absolute atomic E-state index is 13.4. The number of alkyl carbamates (subject to hydrolysis) is 1. The Balaban J connectivity index is 1.32. The third-order valence-corrected chi connectivity index (χ3v) is 6.28. The minimum atomic E-state index is -0.764. The van der Waals surface area contributed by atoms with Gasteiger partial charge in [0.1, 0.15) is 18.4 Å². The van der Waals surface area contributed by atoms with E-state index in [0.717, 1.165) is 11.1 Å². The number of nitrogens with one attached hydrogen (secondary N) is 2. The number of carbonyl (C=O) groups excluding carboxylic acids is 3. The molecular weight excluding hydrogens is 458 g/mol. The van der Waals surface area contributed by atoms with Crippen molar-refractivity contribution in [2.75, 3.05) is 13.1 Å². The van der Waals surface area contributed by atoms with E-state index < -0.39 is 12.1 Å². The van der Waals surface area contributed by atoms with Gasteiger partial charge in [-0.1, -0.05) is 60.7 Å². The summed E-state index contributed by atoms with van der Waals surface area (Å²) in [5, 5.41) is 5.66. The van der Waals surface area contributed by atoms with Crippen LogP contribution in [0.5, 0.6) is 0 Å². The Kier molecular flexibility index (Phi) is 8.75. The average Bonchev–Trinajstić information content (AvgIpc) is 3.45. The molecule has 1 saturated heterocycles. The van der Waals surface area contributed by atoms with E-state index in [1.54, 1.807) is 17.2 Å². The highest BCUT2D eigenvalue weighted by molar-refractivity contribution is 5.86. The van der Waals surface area contributed by atoms with E-state index in [1.165, 1.54) is 0 Å². The molecule has 188 valence electrons. The summed E-state index contributed by atoms with van der Waals surface area (Å²) in [4.78, 5) is 40.2. The standard InChI is InChI=1S/C28H31N3O5/c32-26(29-19-24-12-7-17-35-24)23-13-15-31(16-14-23)27(33)25(18-21-8-3-1-4-9-21)30-28(34)36-20-22-10-5-2-6-11-22/h1-12,17,23,25H,13-16,18-20H2,(H,29,32)(H,30,34)/t25-/m0/s1. The normalized spacial score (nSPS) is 14.6. The van der Waals surface area contributed by atoms with Crippen LogP contribution in [0.15, 0.2) is 83.5 Å². The quantitative estimate of drug-likeness (QED) is 0.478. The largest absolute Gasteiger partial charge is 0.467 e. The third-order valence-electron chi connectivity index (χ3n) is 6.28. The lowest BCUT2D eigenvalue weighted by atomic mass is 9.95. The van der Waals surface area contributed by atoms with Crippen LogP contribution in [0, 0.1) is 5.92 Å². The van der Waals surface area contributed by atoms with Crippen LogP contribution in [0.1, 0.15) is 29.7 Å². The first-order valence-corrected chi connectivity index (χ1v) is 12.2. The predicted octanol–water partition coefficient (Wildman–Crippen LogP) is 3.67. The van der Waals surface area contributed by atoms with Crippen molar-refractivity contribution in [3.8, 4) is 0 Å². The highest BCUT2D eigenvalue weighted by Crippen LogP contribution is 2.19. The monoisotopic (exact) mass is 489 g/mol. The maximum Gasteiger partial charge on any atom is 0.408 e. The number of hydrogen-bond acceptors (Lipinski definition) is 5. The summed E-state index contributed by atoms with van der Waals surface area (Å²) in [5.41, 5.74) is 1.80. The lowest BCUT2D eigenvalue weighted by Crippen LogP contribution is -2.52. The van der Waals surface area contributed by atoms with Gasteiger partial charge in [0.25, 0.3) is 0 Å². The molecule has 3 aromatic rings. The Bertz CT molecular complexity index is 1110. The molecule has 36 heavy (non-hydrogen) atoms. The molecule has 4 rings (SSSR count). The molecule has 1 fully saturated rings. The number of rotatable bonds is 9. The van der Waals surface area contributed by atoms with Crippen LogP contribution in [0.2, 0.25) is 0 Å². The summed E-state index contributed by atoms with van der Waals surface area (Å²) in [6, 6.07) is 21.8. The minimum Gasteiger partial charge on any atom is -0.467 e. The van der Waals surface area contributed by atoms with Crippen molar-refractivity contribution in [1.29, 1.82) is 0 Å². The lowest BCUT2D eigenvalue weighted by Gasteiger charge is -2.34. The number of nitrogens with zero attached hydrogens (tertiary/aromatic N) is 1. The van der Waals surface area contributed by atoms with Gasteiger partial charge in [-0.25, -0.2) is 4.79 Å². The molecule has 3 amide bonds. The molecule has 8 heteroatoms. The molecule has 2 heterocycles. The van der Waals surface area contributed by atoms with Crippen LogP contribution in [0.4, 0.5) is 4.79 Å². The first-order chi connectivity index (χ1) is 17.6. The smallest absolute Gasteiger partial charge is 0.408 e. The Hall–Kier alpha value is -4.07. The van der Waals surface area contributed by atoms with Crippen molar-refractivity contribution in [3.05, 3.63) is 95.9 Å². The van der Waals surface area contributed by atoms with Crippen molar-refractivity contribution in [3.63, 3.8) is 0 Å². The van der Waals surface area contributed by atoms with Crippen molar-refractivity contribution in [2.24, 2.45) is 5.92 Å². The summed E-state index contributed by atoms with van der Waals surface area (Å²) < 4.78 is 10.6. The van der Waals surface area contributed by atoms with Crippen LogP contribution in [-0.4, -0.2) is 41.9 Å². The molecule has 2 aromatic carbocycles. The molecule has 1 aliphatic rings. The van der Waals surface area contributed by atoms with E-state index in [2.05, 4.69) is 10.6 Å². The molecule has 2 N–H and O–H groups in total. The van der Waals surface area contributed by atoms with Gasteiger partial charge in [-0.3, -0.25) is 9.59 Å². The number of ether oxygens (including phenoxy) is 1. The van der Waals surface area contributed by atoms with E-state index in [4.69, 9.17) is 9.15 Å². The first kappa shape index (κ1) is 25.0. The zero-order valence-electron chi connectivity index (χ0n) is 20.1. The number of benzene rings is 2. The summed E-state index contributed by atoms with van der Waals surface area (Å²) in [6.07, 6.45) is 2.41. The molecular formula is C28H31N3O5. The Morgan fingerprint density at radius 2 is 1.58 bits per heavy atom. The number of amides is 3. The molecule has 8 nitrogen and oxygen atoms in total. The van der Waals surface area contributed by atoms with E-state index in [0.29, 0.717) is 44.7 Å².